The van der Waals surface area contributed by atoms with Crippen LogP contribution in [0.5, 0.6) is 0 Å². The second kappa shape index (κ2) is 5.97. The van der Waals surface area contributed by atoms with Crippen LogP contribution >= 0.6 is 0 Å². The molecule has 6 heteroatoms. The number of hydrogen-bond donors (Lipinski definition) is 1. The van der Waals surface area contributed by atoms with Gasteiger partial charge in [-0.2, -0.15) is 8.42 Å². The first-order chi connectivity index (χ1) is 8.33. The van der Waals surface area contributed by atoms with Crippen molar-refractivity contribution in [3.05, 3.63) is 29.8 Å². The molecule has 0 saturated heterocycles. The first kappa shape index (κ1) is 14.7. The lowest BCUT2D eigenvalue weighted by Crippen LogP contribution is -2.17. The Bertz CT molecular complexity index is 521. The van der Waals surface area contributed by atoms with E-state index in [2.05, 4.69) is 0 Å². The summed E-state index contributed by atoms with van der Waals surface area (Å²) in [6, 6.07) is 6.50. The van der Waals surface area contributed by atoms with Crippen LogP contribution in [0.4, 0.5) is 0 Å². The molecule has 1 unspecified atom stereocenters. The van der Waals surface area contributed by atoms with Crippen molar-refractivity contribution >= 4 is 16.1 Å². The van der Waals surface area contributed by atoms with Crippen LogP contribution in [0.2, 0.25) is 0 Å². The van der Waals surface area contributed by atoms with Crippen LogP contribution in [0.25, 0.3) is 0 Å². The van der Waals surface area contributed by atoms with Gasteiger partial charge >= 0.3 is 5.97 Å². The third-order valence-electron chi connectivity index (χ3n) is 2.42. The van der Waals surface area contributed by atoms with Crippen LogP contribution in [0.15, 0.2) is 29.2 Å². The molecule has 0 radical (unpaired) electrons. The molecule has 0 aromatic heterocycles. The summed E-state index contributed by atoms with van der Waals surface area (Å²) in [4.78, 5) is 10.5. The SMILES string of the molecule is Cc1ccccc1S(=O)(=O)OC(C)CCC(=O)O. The van der Waals surface area contributed by atoms with Crippen LogP contribution in [0, 0.1) is 6.92 Å². The number of rotatable bonds is 6. The summed E-state index contributed by atoms with van der Waals surface area (Å²) in [7, 11) is -3.83. The maximum Gasteiger partial charge on any atom is 0.303 e. The summed E-state index contributed by atoms with van der Waals surface area (Å²) in [5.74, 6) is -0.973. The van der Waals surface area contributed by atoms with Gasteiger partial charge < -0.3 is 5.11 Å². The second-order valence-electron chi connectivity index (χ2n) is 4.06. The van der Waals surface area contributed by atoms with Gasteiger partial charge in [0.25, 0.3) is 10.1 Å². The summed E-state index contributed by atoms with van der Waals surface area (Å²) in [5.41, 5.74) is 0.600. The van der Waals surface area contributed by atoms with Crippen molar-refractivity contribution in [3.8, 4) is 0 Å². The van der Waals surface area contributed by atoms with Crippen molar-refractivity contribution in [2.24, 2.45) is 0 Å². The third-order valence-corrected chi connectivity index (χ3v) is 4.00. The zero-order valence-corrected chi connectivity index (χ0v) is 11.1. The average Bonchev–Trinajstić information content (AvgIpc) is 2.26. The van der Waals surface area contributed by atoms with E-state index in [9.17, 15) is 13.2 Å². The number of aryl methyl sites for hydroxylation is 1. The molecule has 0 aliphatic heterocycles. The highest BCUT2D eigenvalue weighted by Gasteiger charge is 2.21. The molecular weight excluding hydrogens is 256 g/mol. The molecule has 0 aliphatic rings. The van der Waals surface area contributed by atoms with Crippen LogP contribution in [0.1, 0.15) is 25.3 Å². The molecule has 100 valence electrons. The predicted octanol–water partition coefficient (Wildman–Crippen LogP) is 1.95. The molecule has 1 atom stereocenters. The van der Waals surface area contributed by atoms with E-state index < -0.39 is 22.2 Å². The van der Waals surface area contributed by atoms with Gasteiger partial charge in [-0.3, -0.25) is 8.98 Å². The Morgan fingerprint density at radius 2 is 2.00 bits per heavy atom. The Balaban J connectivity index is 2.77. The topological polar surface area (TPSA) is 80.7 Å². The van der Waals surface area contributed by atoms with Gasteiger partial charge in [0.05, 0.1) is 11.0 Å². The normalized spacial score (nSPS) is 13.2. The molecule has 1 rings (SSSR count). The van der Waals surface area contributed by atoms with E-state index >= 15 is 0 Å². The van der Waals surface area contributed by atoms with E-state index in [-0.39, 0.29) is 17.7 Å². The molecule has 0 aliphatic carbocycles. The molecule has 18 heavy (non-hydrogen) atoms. The summed E-state index contributed by atoms with van der Waals surface area (Å²) >= 11 is 0. The Hall–Kier alpha value is -1.40. The Labute approximate surface area is 107 Å². The van der Waals surface area contributed by atoms with Gasteiger partial charge in [-0.05, 0) is 31.9 Å². The summed E-state index contributed by atoms with van der Waals surface area (Å²) < 4.78 is 28.8. The minimum absolute atomic E-state index is 0.118. The predicted molar refractivity (Wildman–Crippen MR) is 65.8 cm³/mol. The Morgan fingerprint density at radius 1 is 1.39 bits per heavy atom. The summed E-state index contributed by atoms with van der Waals surface area (Å²) in [5, 5.41) is 8.52. The number of carbonyl (C=O) groups is 1. The van der Waals surface area contributed by atoms with Crippen LogP contribution in [-0.2, 0) is 19.1 Å². The minimum atomic E-state index is -3.83. The number of aliphatic carboxylic acids is 1. The van der Waals surface area contributed by atoms with Gasteiger partial charge in [-0.1, -0.05) is 18.2 Å². The lowest BCUT2D eigenvalue weighted by Gasteiger charge is -2.13. The molecule has 0 amide bonds. The van der Waals surface area contributed by atoms with Crippen molar-refractivity contribution in [3.63, 3.8) is 0 Å². The van der Waals surface area contributed by atoms with E-state index in [4.69, 9.17) is 9.29 Å². The van der Waals surface area contributed by atoms with Crippen molar-refractivity contribution < 1.29 is 22.5 Å². The van der Waals surface area contributed by atoms with Crippen molar-refractivity contribution in [2.75, 3.05) is 0 Å². The average molecular weight is 272 g/mol. The van der Waals surface area contributed by atoms with E-state index in [1.807, 2.05) is 0 Å². The number of benzene rings is 1. The van der Waals surface area contributed by atoms with Crippen molar-refractivity contribution in [1.82, 2.24) is 0 Å². The molecule has 1 aromatic carbocycles. The molecule has 0 spiro atoms. The maximum atomic E-state index is 11.9. The van der Waals surface area contributed by atoms with Crippen molar-refractivity contribution in [1.29, 1.82) is 0 Å². The monoisotopic (exact) mass is 272 g/mol. The molecule has 5 nitrogen and oxygen atoms in total. The van der Waals surface area contributed by atoms with E-state index in [1.54, 1.807) is 32.0 Å². The Kier molecular flexibility index (Phi) is 4.86. The first-order valence-electron chi connectivity index (χ1n) is 5.53. The lowest BCUT2D eigenvalue weighted by molar-refractivity contribution is -0.137. The first-order valence-corrected chi connectivity index (χ1v) is 6.94. The van der Waals surface area contributed by atoms with E-state index in [1.165, 1.54) is 6.07 Å². The van der Waals surface area contributed by atoms with Crippen molar-refractivity contribution in [2.45, 2.75) is 37.7 Å². The highest BCUT2D eigenvalue weighted by Crippen LogP contribution is 2.19. The quantitative estimate of drug-likeness (QED) is 0.800. The fourth-order valence-corrected chi connectivity index (χ4v) is 2.82. The third kappa shape index (κ3) is 4.12. The smallest absolute Gasteiger partial charge is 0.303 e. The fraction of sp³-hybridized carbons (Fsp3) is 0.417. The standard InChI is InChI=1S/C12H16O5S/c1-9-5-3-4-6-11(9)18(15,16)17-10(2)7-8-12(13)14/h3-6,10H,7-8H2,1-2H3,(H,13,14). The van der Waals surface area contributed by atoms with Gasteiger partial charge in [0.1, 0.15) is 0 Å². The largest absolute Gasteiger partial charge is 0.481 e. The highest BCUT2D eigenvalue weighted by molar-refractivity contribution is 7.86. The van der Waals surface area contributed by atoms with Crippen LogP contribution in [0.3, 0.4) is 0 Å². The van der Waals surface area contributed by atoms with Crippen LogP contribution < -0.4 is 0 Å². The molecule has 0 fully saturated rings. The molecule has 1 N–H and O–H groups in total. The zero-order valence-electron chi connectivity index (χ0n) is 10.3. The molecule has 1 aromatic rings. The number of carboxylic acids is 1. The lowest BCUT2D eigenvalue weighted by atomic mass is 10.2. The molecule has 0 saturated carbocycles. The number of carboxylic acid groups (broad SMARTS) is 1. The van der Waals surface area contributed by atoms with E-state index in [0.29, 0.717) is 5.56 Å². The molecule has 0 bridgehead atoms. The van der Waals surface area contributed by atoms with Gasteiger partial charge in [-0.15, -0.1) is 0 Å². The minimum Gasteiger partial charge on any atom is -0.481 e. The maximum absolute atomic E-state index is 11.9. The second-order valence-corrected chi connectivity index (χ2v) is 5.60. The highest BCUT2D eigenvalue weighted by atomic mass is 32.2. The van der Waals surface area contributed by atoms with Gasteiger partial charge in [0.15, 0.2) is 0 Å². The summed E-state index contributed by atoms with van der Waals surface area (Å²) in [6.07, 6.45) is -0.629. The number of hydrogen-bond acceptors (Lipinski definition) is 4. The molecular formula is C12H16O5S. The van der Waals surface area contributed by atoms with Gasteiger partial charge in [0, 0.05) is 6.42 Å². The van der Waals surface area contributed by atoms with Gasteiger partial charge in [-0.25, -0.2) is 0 Å². The Morgan fingerprint density at radius 3 is 2.56 bits per heavy atom. The van der Waals surface area contributed by atoms with Crippen LogP contribution in [-0.4, -0.2) is 25.6 Å². The van der Waals surface area contributed by atoms with E-state index in [0.717, 1.165) is 0 Å². The zero-order chi connectivity index (χ0) is 13.8. The summed E-state index contributed by atoms with van der Waals surface area (Å²) in [6.45, 7) is 3.22. The van der Waals surface area contributed by atoms with Gasteiger partial charge in [0.2, 0.25) is 0 Å². The fourth-order valence-electron chi connectivity index (χ4n) is 1.48. The molecule has 0 heterocycles.